The van der Waals surface area contributed by atoms with Gasteiger partial charge in [-0.15, -0.1) is 18.3 Å². The van der Waals surface area contributed by atoms with E-state index in [9.17, 15) is 4.39 Å². The lowest BCUT2D eigenvalue weighted by molar-refractivity contribution is 0.604. The van der Waals surface area contributed by atoms with Gasteiger partial charge in [0.2, 0.25) is 0 Å². The fraction of sp³-hybridized carbons (Fsp3) is 0.250. The van der Waals surface area contributed by atoms with E-state index in [2.05, 4.69) is 16.9 Å². The molecule has 0 aliphatic heterocycles. The molecular formula is C12H16FN3S. The average molecular weight is 253 g/mol. The summed E-state index contributed by atoms with van der Waals surface area (Å²) in [5, 5.41) is 2.84. The van der Waals surface area contributed by atoms with E-state index in [1.165, 1.54) is 17.8 Å². The van der Waals surface area contributed by atoms with Crippen molar-refractivity contribution in [2.45, 2.75) is 11.4 Å². The molecule has 17 heavy (non-hydrogen) atoms. The molecule has 0 atom stereocenters. The van der Waals surface area contributed by atoms with Gasteiger partial charge in [-0.3, -0.25) is 0 Å². The summed E-state index contributed by atoms with van der Waals surface area (Å²) >= 11 is 1.49. The van der Waals surface area contributed by atoms with E-state index in [-0.39, 0.29) is 12.4 Å². The molecule has 1 rings (SSSR count). The Morgan fingerprint density at radius 1 is 1.65 bits per heavy atom. The van der Waals surface area contributed by atoms with Gasteiger partial charge in [0.25, 0.3) is 0 Å². The fourth-order valence-corrected chi connectivity index (χ4v) is 1.90. The lowest BCUT2D eigenvalue weighted by Crippen LogP contribution is -2.31. The molecule has 0 saturated carbocycles. The van der Waals surface area contributed by atoms with Gasteiger partial charge in [0.15, 0.2) is 5.96 Å². The van der Waals surface area contributed by atoms with Crippen molar-refractivity contribution in [2.24, 2.45) is 10.7 Å². The van der Waals surface area contributed by atoms with Crippen LogP contribution < -0.4 is 11.1 Å². The van der Waals surface area contributed by atoms with E-state index >= 15 is 0 Å². The van der Waals surface area contributed by atoms with Gasteiger partial charge in [-0.25, -0.2) is 9.38 Å². The summed E-state index contributed by atoms with van der Waals surface area (Å²) in [6.07, 6.45) is 3.58. The van der Waals surface area contributed by atoms with Crippen molar-refractivity contribution in [3.63, 3.8) is 0 Å². The van der Waals surface area contributed by atoms with Gasteiger partial charge in [-0.2, -0.15) is 0 Å². The second-order valence-corrected chi connectivity index (χ2v) is 4.14. The molecule has 0 bridgehead atoms. The Kier molecular flexibility index (Phi) is 5.56. The average Bonchev–Trinajstić information content (AvgIpc) is 2.34. The number of rotatable bonds is 5. The van der Waals surface area contributed by atoms with Crippen molar-refractivity contribution in [3.05, 3.63) is 42.2 Å². The lowest BCUT2D eigenvalue weighted by atomic mass is 10.2. The highest BCUT2D eigenvalue weighted by Crippen LogP contribution is 2.23. The highest BCUT2D eigenvalue weighted by atomic mass is 32.2. The zero-order valence-corrected chi connectivity index (χ0v) is 10.6. The normalized spacial score (nSPS) is 11.3. The summed E-state index contributed by atoms with van der Waals surface area (Å²) in [6, 6.07) is 4.98. The van der Waals surface area contributed by atoms with Crippen LogP contribution in [0.3, 0.4) is 0 Å². The molecule has 0 amide bonds. The van der Waals surface area contributed by atoms with E-state index in [0.717, 1.165) is 4.90 Å². The third kappa shape index (κ3) is 4.11. The fourth-order valence-electron chi connectivity index (χ4n) is 1.28. The SMILES string of the molecule is C=CCNC(N)=NCc1c(F)cccc1SC. The van der Waals surface area contributed by atoms with Crippen LogP contribution in [-0.2, 0) is 6.54 Å². The van der Waals surface area contributed by atoms with E-state index in [1.54, 1.807) is 12.1 Å². The Labute approximate surface area is 105 Å². The van der Waals surface area contributed by atoms with Crippen LogP contribution in [0.2, 0.25) is 0 Å². The maximum atomic E-state index is 13.6. The van der Waals surface area contributed by atoms with Crippen LogP contribution in [0, 0.1) is 5.82 Å². The van der Waals surface area contributed by atoms with Gasteiger partial charge < -0.3 is 11.1 Å². The number of hydrogen-bond donors (Lipinski definition) is 2. The highest BCUT2D eigenvalue weighted by molar-refractivity contribution is 7.98. The summed E-state index contributed by atoms with van der Waals surface area (Å²) in [7, 11) is 0. The molecule has 3 nitrogen and oxygen atoms in total. The monoisotopic (exact) mass is 253 g/mol. The van der Waals surface area contributed by atoms with Crippen LogP contribution in [0.25, 0.3) is 0 Å². The Balaban J connectivity index is 2.77. The highest BCUT2D eigenvalue weighted by Gasteiger charge is 2.06. The molecule has 0 heterocycles. The van der Waals surface area contributed by atoms with Crippen LogP contribution in [0.4, 0.5) is 4.39 Å². The lowest BCUT2D eigenvalue weighted by Gasteiger charge is -2.07. The predicted octanol–water partition coefficient (Wildman–Crippen LogP) is 2.14. The summed E-state index contributed by atoms with van der Waals surface area (Å²) < 4.78 is 13.6. The Morgan fingerprint density at radius 2 is 2.41 bits per heavy atom. The number of thioether (sulfide) groups is 1. The van der Waals surface area contributed by atoms with Crippen LogP contribution in [0.15, 0.2) is 40.7 Å². The van der Waals surface area contributed by atoms with Gasteiger partial charge in [0.05, 0.1) is 6.54 Å². The van der Waals surface area contributed by atoms with Crippen molar-refractivity contribution >= 4 is 17.7 Å². The first-order valence-electron chi connectivity index (χ1n) is 5.15. The van der Waals surface area contributed by atoms with Gasteiger partial charge in [0, 0.05) is 17.0 Å². The number of aliphatic imine (C=N–C) groups is 1. The molecular weight excluding hydrogens is 237 g/mol. The smallest absolute Gasteiger partial charge is 0.189 e. The number of nitrogens with one attached hydrogen (secondary N) is 1. The summed E-state index contributed by atoms with van der Waals surface area (Å²) in [5.74, 6) is 0.0392. The van der Waals surface area contributed by atoms with Crippen LogP contribution in [0.5, 0.6) is 0 Å². The standard InChI is InChI=1S/C12H16FN3S/c1-3-7-15-12(14)16-8-9-10(13)5-4-6-11(9)17-2/h3-6H,1,7-8H2,2H3,(H3,14,15,16). The van der Waals surface area contributed by atoms with Crippen molar-refractivity contribution < 1.29 is 4.39 Å². The van der Waals surface area contributed by atoms with Crippen molar-refractivity contribution in [3.8, 4) is 0 Å². The summed E-state index contributed by atoms with van der Waals surface area (Å²) in [4.78, 5) is 4.96. The maximum absolute atomic E-state index is 13.6. The Bertz CT molecular complexity index is 418. The molecule has 3 N–H and O–H groups in total. The van der Waals surface area contributed by atoms with Crippen molar-refractivity contribution in [2.75, 3.05) is 12.8 Å². The topological polar surface area (TPSA) is 50.4 Å². The molecule has 0 radical (unpaired) electrons. The first kappa shape index (κ1) is 13.6. The number of guanidine groups is 1. The molecule has 5 heteroatoms. The molecule has 0 aromatic heterocycles. The van der Waals surface area contributed by atoms with Crippen molar-refractivity contribution in [1.82, 2.24) is 5.32 Å². The minimum Gasteiger partial charge on any atom is -0.370 e. The number of nitrogens with two attached hydrogens (primary N) is 1. The van der Waals surface area contributed by atoms with Gasteiger partial charge in [-0.05, 0) is 18.4 Å². The first-order chi connectivity index (χ1) is 8.19. The van der Waals surface area contributed by atoms with E-state index in [1.807, 2.05) is 12.3 Å². The minimum absolute atomic E-state index is 0.235. The van der Waals surface area contributed by atoms with E-state index < -0.39 is 0 Å². The van der Waals surface area contributed by atoms with Crippen molar-refractivity contribution in [1.29, 1.82) is 0 Å². The molecule has 92 valence electrons. The van der Waals surface area contributed by atoms with Crippen LogP contribution in [0.1, 0.15) is 5.56 Å². The third-order valence-corrected chi connectivity index (χ3v) is 2.95. The second kappa shape index (κ2) is 6.96. The number of halogens is 1. The summed E-state index contributed by atoms with van der Waals surface area (Å²) in [5.41, 5.74) is 6.18. The summed E-state index contributed by atoms with van der Waals surface area (Å²) in [6.45, 7) is 4.33. The Morgan fingerprint density at radius 3 is 3.06 bits per heavy atom. The van der Waals surface area contributed by atoms with E-state index in [4.69, 9.17) is 5.73 Å². The quantitative estimate of drug-likeness (QED) is 0.366. The first-order valence-corrected chi connectivity index (χ1v) is 6.37. The molecule has 0 aliphatic rings. The molecule has 1 aromatic carbocycles. The second-order valence-electron chi connectivity index (χ2n) is 3.29. The molecule has 0 aliphatic carbocycles. The van der Waals surface area contributed by atoms with E-state index in [0.29, 0.717) is 18.1 Å². The molecule has 0 saturated heterocycles. The number of nitrogens with zero attached hydrogens (tertiary/aromatic N) is 1. The third-order valence-electron chi connectivity index (χ3n) is 2.13. The molecule has 1 aromatic rings. The number of hydrogen-bond acceptors (Lipinski definition) is 2. The van der Waals surface area contributed by atoms with Gasteiger partial charge in [-0.1, -0.05) is 12.1 Å². The molecule has 0 fully saturated rings. The predicted molar refractivity (Wildman–Crippen MR) is 71.7 cm³/mol. The maximum Gasteiger partial charge on any atom is 0.189 e. The van der Waals surface area contributed by atoms with Crippen LogP contribution >= 0.6 is 11.8 Å². The number of benzene rings is 1. The van der Waals surface area contributed by atoms with Gasteiger partial charge >= 0.3 is 0 Å². The zero-order valence-electron chi connectivity index (χ0n) is 9.74. The van der Waals surface area contributed by atoms with Gasteiger partial charge in [0.1, 0.15) is 5.82 Å². The largest absolute Gasteiger partial charge is 0.370 e. The Hall–Kier alpha value is -1.49. The van der Waals surface area contributed by atoms with Crippen LogP contribution in [-0.4, -0.2) is 18.8 Å². The molecule has 0 unspecified atom stereocenters. The molecule has 0 spiro atoms. The minimum atomic E-state index is -0.253. The zero-order chi connectivity index (χ0) is 12.7.